The maximum absolute atomic E-state index is 12.8. The smallest absolute Gasteiger partial charge is 0.162 e. The zero-order valence-corrected chi connectivity index (χ0v) is 14.2. The molecule has 2 nitrogen and oxygen atoms in total. The number of nitrogens with zero attached hydrogens (tertiary/aromatic N) is 1. The van der Waals surface area contributed by atoms with Crippen molar-refractivity contribution >= 4 is 17.5 Å². The van der Waals surface area contributed by atoms with Gasteiger partial charge in [0.15, 0.2) is 5.78 Å². The number of carbonyl (C=O) groups excluding carboxylic acids is 1. The first kappa shape index (κ1) is 15.0. The molecule has 3 aliphatic rings. The predicted molar refractivity (Wildman–Crippen MR) is 95.7 cm³/mol. The summed E-state index contributed by atoms with van der Waals surface area (Å²) in [6.45, 7) is 1.15. The molecule has 1 heterocycles. The Labute approximate surface area is 139 Å². The fraction of sp³-hybridized carbons (Fsp3) is 0.571. The van der Waals surface area contributed by atoms with Crippen molar-refractivity contribution in [1.82, 2.24) is 0 Å². The van der Waals surface area contributed by atoms with E-state index in [0.29, 0.717) is 17.6 Å². The zero-order chi connectivity index (χ0) is 15.8. The van der Waals surface area contributed by atoms with Crippen molar-refractivity contribution in [3.05, 3.63) is 34.9 Å². The molecule has 122 valence electrons. The number of hydrogen-bond donors (Lipinski definition) is 0. The molecule has 0 radical (unpaired) electrons. The number of fused-ring (bicyclic) bond motifs is 1. The van der Waals surface area contributed by atoms with Gasteiger partial charge in [-0.2, -0.15) is 0 Å². The number of hydrogen-bond acceptors (Lipinski definition) is 2. The van der Waals surface area contributed by atoms with Gasteiger partial charge >= 0.3 is 0 Å². The maximum Gasteiger partial charge on any atom is 0.162 e. The lowest BCUT2D eigenvalue weighted by atomic mass is 9.88. The highest BCUT2D eigenvalue weighted by atomic mass is 16.1. The lowest BCUT2D eigenvalue weighted by Crippen LogP contribution is -2.24. The summed E-state index contributed by atoms with van der Waals surface area (Å²) in [5.41, 5.74) is 5.09. The van der Waals surface area contributed by atoms with E-state index in [2.05, 4.69) is 36.2 Å². The normalized spacial score (nSPS) is 27.0. The monoisotopic (exact) mass is 309 g/mol. The van der Waals surface area contributed by atoms with E-state index in [0.717, 1.165) is 31.4 Å². The first-order chi connectivity index (χ1) is 11.2. The summed E-state index contributed by atoms with van der Waals surface area (Å²) in [6, 6.07) is 6.72. The Morgan fingerprint density at radius 3 is 2.74 bits per heavy atom. The minimum atomic E-state index is 0.326. The van der Waals surface area contributed by atoms with E-state index in [1.165, 1.54) is 48.9 Å². The van der Waals surface area contributed by atoms with E-state index in [1.807, 2.05) is 0 Å². The van der Waals surface area contributed by atoms with Gasteiger partial charge in [0.2, 0.25) is 0 Å². The topological polar surface area (TPSA) is 20.3 Å². The highest BCUT2D eigenvalue weighted by molar-refractivity contribution is 6.03. The van der Waals surface area contributed by atoms with Crippen LogP contribution in [0.3, 0.4) is 0 Å². The third-order valence-corrected chi connectivity index (χ3v) is 6.14. The molecule has 1 aliphatic heterocycles. The van der Waals surface area contributed by atoms with Crippen molar-refractivity contribution < 1.29 is 4.79 Å². The molecule has 1 aromatic carbocycles. The van der Waals surface area contributed by atoms with E-state index in [-0.39, 0.29) is 0 Å². The molecule has 2 saturated carbocycles. The first-order valence-electron chi connectivity index (χ1n) is 9.31. The first-order valence-corrected chi connectivity index (χ1v) is 9.31. The fourth-order valence-corrected chi connectivity index (χ4v) is 4.85. The number of rotatable bonds is 2. The van der Waals surface area contributed by atoms with Crippen LogP contribution >= 0.6 is 0 Å². The third-order valence-electron chi connectivity index (χ3n) is 6.14. The highest BCUT2D eigenvalue weighted by Gasteiger charge is 2.36. The van der Waals surface area contributed by atoms with Crippen LogP contribution in [0.25, 0.3) is 6.08 Å². The molecule has 0 N–H and O–H groups in total. The molecule has 0 spiro atoms. The van der Waals surface area contributed by atoms with Gasteiger partial charge in [-0.1, -0.05) is 18.9 Å². The molecule has 2 heteroatoms. The van der Waals surface area contributed by atoms with Crippen LogP contribution in [0.2, 0.25) is 0 Å². The number of aryl methyl sites for hydroxylation is 1. The van der Waals surface area contributed by atoms with Gasteiger partial charge in [0.05, 0.1) is 0 Å². The van der Waals surface area contributed by atoms with E-state index >= 15 is 0 Å². The second kappa shape index (κ2) is 6.14. The zero-order valence-electron chi connectivity index (χ0n) is 14.2. The summed E-state index contributed by atoms with van der Waals surface area (Å²) in [5.74, 6) is 1.45. The molecule has 0 bridgehead atoms. The molecule has 2 aliphatic carbocycles. The summed E-state index contributed by atoms with van der Waals surface area (Å²) in [4.78, 5) is 15.1. The molecule has 23 heavy (non-hydrogen) atoms. The van der Waals surface area contributed by atoms with Crippen molar-refractivity contribution in [2.75, 3.05) is 18.5 Å². The van der Waals surface area contributed by atoms with Gasteiger partial charge < -0.3 is 4.90 Å². The van der Waals surface area contributed by atoms with Gasteiger partial charge in [-0.05, 0) is 79.4 Å². The summed E-state index contributed by atoms with van der Waals surface area (Å²) in [5, 5.41) is 0. The van der Waals surface area contributed by atoms with Gasteiger partial charge in [0, 0.05) is 25.2 Å². The fourth-order valence-electron chi connectivity index (χ4n) is 4.85. The van der Waals surface area contributed by atoms with Crippen molar-refractivity contribution in [2.24, 2.45) is 11.8 Å². The number of anilines is 1. The standard InChI is InChI=1S/C21H27NO/c1-22-12-4-7-17-13-15(8-11-20(17)22)14-18-9-10-19(21(18)23)16-5-2-3-6-16/h8,11,13-14,16,19H,2-7,9-10,12H2,1H3/b18-14+/t19-/m0/s1. The van der Waals surface area contributed by atoms with Crippen LogP contribution in [-0.2, 0) is 11.2 Å². The van der Waals surface area contributed by atoms with E-state index in [1.54, 1.807) is 0 Å². The summed E-state index contributed by atoms with van der Waals surface area (Å²) in [7, 11) is 2.17. The molecule has 2 fully saturated rings. The molecular formula is C21H27NO. The summed E-state index contributed by atoms with van der Waals surface area (Å²) < 4.78 is 0. The molecule has 4 rings (SSSR count). The number of allylic oxidation sites excluding steroid dienone is 1. The van der Waals surface area contributed by atoms with Crippen molar-refractivity contribution in [3.8, 4) is 0 Å². The number of benzene rings is 1. The minimum absolute atomic E-state index is 0.326. The lowest BCUT2D eigenvalue weighted by molar-refractivity contribution is -0.119. The second-order valence-electron chi connectivity index (χ2n) is 7.64. The summed E-state index contributed by atoms with van der Waals surface area (Å²) in [6.07, 6.45) is 11.8. The van der Waals surface area contributed by atoms with Crippen molar-refractivity contribution in [2.45, 2.75) is 51.4 Å². The largest absolute Gasteiger partial charge is 0.374 e. The Morgan fingerprint density at radius 2 is 1.91 bits per heavy atom. The van der Waals surface area contributed by atoms with Gasteiger partial charge in [0.25, 0.3) is 0 Å². The Morgan fingerprint density at radius 1 is 1.09 bits per heavy atom. The molecule has 0 aromatic heterocycles. The van der Waals surface area contributed by atoms with Crippen LogP contribution in [0, 0.1) is 11.8 Å². The van der Waals surface area contributed by atoms with Crippen LogP contribution in [0.5, 0.6) is 0 Å². The average Bonchev–Trinajstić information content (AvgIpc) is 3.18. The van der Waals surface area contributed by atoms with Gasteiger partial charge in [-0.3, -0.25) is 4.79 Å². The van der Waals surface area contributed by atoms with E-state index in [9.17, 15) is 4.79 Å². The molecule has 0 amide bonds. The Kier molecular flexibility index (Phi) is 4.00. The Hall–Kier alpha value is -1.57. The van der Waals surface area contributed by atoms with Gasteiger partial charge in [0.1, 0.15) is 0 Å². The highest BCUT2D eigenvalue weighted by Crippen LogP contribution is 2.41. The quantitative estimate of drug-likeness (QED) is 0.743. The van der Waals surface area contributed by atoms with Gasteiger partial charge in [-0.15, -0.1) is 0 Å². The third kappa shape index (κ3) is 2.84. The molecular weight excluding hydrogens is 282 g/mol. The average molecular weight is 309 g/mol. The number of Topliss-reactive ketones (excluding diaryl/α,β-unsaturated/α-hetero) is 1. The van der Waals surface area contributed by atoms with Gasteiger partial charge in [-0.25, -0.2) is 0 Å². The van der Waals surface area contributed by atoms with Crippen LogP contribution in [-0.4, -0.2) is 19.4 Å². The number of ketones is 1. The van der Waals surface area contributed by atoms with E-state index in [4.69, 9.17) is 0 Å². The molecule has 1 atom stereocenters. The van der Waals surface area contributed by atoms with Crippen LogP contribution < -0.4 is 4.90 Å². The SMILES string of the molecule is CN1CCCc2cc(/C=C3\CC[C@@H](C4CCCC4)C3=O)ccc21. The predicted octanol–water partition coefficient (Wildman–Crippen LogP) is 4.62. The second-order valence-corrected chi connectivity index (χ2v) is 7.64. The molecule has 0 unspecified atom stereocenters. The van der Waals surface area contributed by atoms with Crippen LogP contribution in [0.4, 0.5) is 5.69 Å². The number of carbonyl (C=O) groups is 1. The van der Waals surface area contributed by atoms with Crippen LogP contribution in [0.15, 0.2) is 23.8 Å². The minimum Gasteiger partial charge on any atom is -0.374 e. The summed E-state index contributed by atoms with van der Waals surface area (Å²) >= 11 is 0. The van der Waals surface area contributed by atoms with Crippen LogP contribution in [0.1, 0.15) is 56.1 Å². The Balaban J connectivity index is 1.55. The van der Waals surface area contributed by atoms with Crippen molar-refractivity contribution in [3.63, 3.8) is 0 Å². The lowest BCUT2D eigenvalue weighted by Gasteiger charge is -2.27. The van der Waals surface area contributed by atoms with E-state index < -0.39 is 0 Å². The maximum atomic E-state index is 12.8. The Bertz CT molecular complexity index is 639. The van der Waals surface area contributed by atoms with Crippen molar-refractivity contribution in [1.29, 1.82) is 0 Å². The molecule has 1 aromatic rings. The molecule has 0 saturated heterocycles.